The summed E-state index contributed by atoms with van der Waals surface area (Å²) >= 11 is 0. The molecule has 1 heterocycles. The van der Waals surface area contributed by atoms with Crippen LogP contribution in [0.15, 0.2) is 48.5 Å². The van der Waals surface area contributed by atoms with Crippen LogP contribution < -0.4 is 14.8 Å². The number of rotatable bonds is 7. The largest absolute Gasteiger partial charge is 0.482 e. The Morgan fingerprint density at radius 2 is 1.56 bits per heavy atom. The molecule has 0 radical (unpaired) electrons. The highest BCUT2D eigenvalue weighted by Gasteiger charge is 2.33. The number of ether oxygens (including phenoxy) is 2. The minimum atomic E-state index is -0.651. The topological polar surface area (TPSA) is 50.8 Å². The quantitative estimate of drug-likeness (QED) is 0.814. The predicted molar refractivity (Wildman–Crippen MR) is 106 cm³/mol. The first kappa shape index (κ1) is 19.2. The molecule has 1 N–H and O–H groups in total. The highest BCUT2D eigenvalue weighted by molar-refractivity contribution is 5.82. The van der Waals surface area contributed by atoms with E-state index in [4.69, 9.17) is 9.47 Å². The molecule has 0 fully saturated rings. The van der Waals surface area contributed by atoms with Gasteiger partial charge in [0.25, 0.3) is 5.91 Å². The molecule has 0 aromatic heterocycles. The van der Waals surface area contributed by atoms with Crippen molar-refractivity contribution in [3.63, 3.8) is 0 Å². The highest BCUT2D eigenvalue weighted by Crippen LogP contribution is 2.33. The zero-order valence-corrected chi connectivity index (χ0v) is 16.3. The van der Waals surface area contributed by atoms with Crippen LogP contribution in [-0.4, -0.2) is 36.1 Å². The van der Waals surface area contributed by atoms with Crippen LogP contribution >= 0.6 is 0 Å². The van der Waals surface area contributed by atoms with Gasteiger partial charge in [0.05, 0.1) is 0 Å². The third-order valence-electron chi connectivity index (χ3n) is 4.89. The molecule has 0 spiro atoms. The maximum absolute atomic E-state index is 12.6. The SMILES string of the molecule is CCN(CC)Cc1ccc(CNC(=O)[C@@H]2Oc3ccccc3O[C@H]2C)cc1. The lowest BCUT2D eigenvalue weighted by Gasteiger charge is -2.31. The molecular weight excluding hydrogens is 340 g/mol. The molecule has 2 aromatic rings. The number of nitrogens with zero attached hydrogens (tertiary/aromatic N) is 1. The lowest BCUT2D eigenvalue weighted by Crippen LogP contribution is -2.48. The fourth-order valence-corrected chi connectivity index (χ4v) is 3.16. The third-order valence-corrected chi connectivity index (χ3v) is 4.89. The summed E-state index contributed by atoms with van der Waals surface area (Å²) in [5.41, 5.74) is 2.35. The number of carbonyl (C=O) groups is 1. The van der Waals surface area contributed by atoms with Crippen LogP contribution in [0.3, 0.4) is 0 Å². The highest BCUT2D eigenvalue weighted by atomic mass is 16.6. The molecule has 3 rings (SSSR count). The van der Waals surface area contributed by atoms with E-state index in [-0.39, 0.29) is 12.0 Å². The van der Waals surface area contributed by atoms with Crippen molar-refractivity contribution in [1.82, 2.24) is 10.2 Å². The summed E-state index contributed by atoms with van der Waals surface area (Å²) in [5, 5.41) is 2.96. The van der Waals surface area contributed by atoms with Gasteiger partial charge >= 0.3 is 0 Å². The Balaban J connectivity index is 1.55. The Labute approximate surface area is 161 Å². The van der Waals surface area contributed by atoms with Crippen LogP contribution in [0.4, 0.5) is 0 Å². The van der Waals surface area contributed by atoms with E-state index in [1.54, 1.807) is 0 Å². The molecule has 0 aliphatic carbocycles. The molecule has 27 heavy (non-hydrogen) atoms. The van der Waals surface area contributed by atoms with Crippen LogP contribution in [0.5, 0.6) is 11.5 Å². The van der Waals surface area contributed by atoms with Gasteiger partial charge < -0.3 is 14.8 Å². The molecule has 2 atom stereocenters. The van der Waals surface area contributed by atoms with Crippen molar-refractivity contribution in [2.24, 2.45) is 0 Å². The molecule has 0 unspecified atom stereocenters. The van der Waals surface area contributed by atoms with Gasteiger partial charge in [0.2, 0.25) is 6.10 Å². The van der Waals surface area contributed by atoms with Gasteiger partial charge in [0.1, 0.15) is 6.10 Å². The molecule has 2 aromatic carbocycles. The predicted octanol–water partition coefficient (Wildman–Crippen LogP) is 3.37. The number of carbonyl (C=O) groups excluding carboxylic acids is 1. The first-order valence-electron chi connectivity index (χ1n) is 9.61. The molecular formula is C22H28N2O3. The molecule has 0 saturated heterocycles. The van der Waals surface area contributed by atoms with Crippen LogP contribution in [0, 0.1) is 0 Å². The van der Waals surface area contributed by atoms with Crippen molar-refractivity contribution in [3.8, 4) is 11.5 Å². The normalized spacial score (nSPS) is 18.4. The number of para-hydroxylation sites is 2. The Hall–Kier alpha value is -2.53. The van der Waals surface area contributed by atoms with E-state index in [2.05, 4.69) is 48.3 Å². The van der Waals surface area contributed by atoms with Gasteiger partial charge in [-0.05, 0) is 43.3 Å². The number of hydrogen-bond acceptors (Lipinski definition) is 4. The summed E-state index contributed by atoms with van der Waals surface area (Å²) in [6.07, 6.45) is -0.988. The molecule has 1 amide bonds. The average molecular weight is 368 g/mol. The molecule has 144 valence electrons. The monoisotopic (exact) mass is 368 g/mol. The molecule has 1 aliphatic heterocycles. The summed E-state index contributed by atoms with van der Waals surface area (Å²) in [7, 11) is 0. The van der Waals surface area contributed by atoms with Crippen molar-refractivity contribution < 1.29 is 14.3 Å². The third kappa shape index (κ3) is 4.80. The van der Waals surface area contributed by atoms with Crippen LogP contribution in [0.25, 0.3) is 0 Å². The van der Waals surface area contributed by atoms with Crippen LogP contribution in [-0.2, 0) is 17.9 Å². The van der Waals surface area contributed by atoms with E-state index in [0.29, 0.717) is 18.0 Å². The zero-order valence-electron chi connectivity index (χ0n) is 16.3. The van der Waals surface area contributed by atoms with Gasteiger partial charge in [-0.1, -0.05) is 50.2 Å². The molecule has 0 bridgehead atoms. The first-order chi connectivity index (χ1) is 13.1. The van der Waals surface area contributed by atoms with E-state index < -0.39 is 6.10 Å². The molecule has 5 nitrogen and oxygen atoms in total. The molecule has 0 saturated carbocycles. The van der Waals surface area contributed by atoms with Crippen molar-refractivity contribution in [2.75, 3.05) is 13.1 Å². The van der Waals surface area contributed by atoms with E-state index in [1.807, 2.05) is 31.2 Å². The number of amides is 1. The van der Waals surface area contributed by atoms with E-state index in [0.717, 1.165) is 25.2 Å². The van der Waals surface area contributed by atoms with Gasteiger partial charge in [-0.25, -0.2) is 0 Å². The van der Waals surface area contributed by atoms with Crippen molar-refractivity contribution in [3.05, 3.63) is 59.7 Å². The Bertz CT molecular complexity index is 756. The van der Waals surface area contributed by atoms with Gasteiger partial charge in [0, 0.05) is 13.1 Å². The maximum atomic E-state index is 12.6. The second kappa shape index (κ2) is 8.91. The summed E-state index contributed by atoms with van der Waals surface area (Å²) < 4.78 is 11.6. The van der Waals surface area contributed by atoms with Crippen LogP contribution in [0.1, 0.15) is 31.9 Å². The summed E-state index contributed by atoms with van der Waals surface area (Å²) in [5.74, 6) is 1.12. The first-order valence-corrected chi connectivity index (χ1v) is 9.61. The number of nitrogens with one attached hydrogen (secondary N) is 1. The second-order valence-electron chi connectivity index (χ2n) is 6.80. The maximum Gasteiger partial charge on any atom is 0.265 e. The Kier molecular flexibility index (Phi) is 6.35. The Morgan fingerprint density at radius 1 is 0.963 bits per heavy atom. The fraction of sp³-hybridized carbons (Fsp3) is 0.409. The average Bonchev–Trinajstić information content (AvgIpc) is 2.70. The number of hydrogen-bond donors (Lipinski definition) is 1. The van der Waals surface area contributed by atoms with Gasteiger partial charge in [0.15, 0.2) is 11.5 Å². The van der Waals surface area contributed by atoms with Gasteiger partial charge in [-0.2, -0.15) is 0 Å². The van der Waals surface area contributed by atoms with E-state index in [9.17, 15) is 4.79 Å². The van der Waals surface area contributed by atoms with E-state index in [1.165, 1.54) is 5.56 Å². The van der Waals surface area contributed by atoms with Gasteiger partial charge in [-0.3, -0.25) is 9.69 Å². The smallest absolute Gasteiger partial charge is 0.265 e. The van der Waals surface area contributed by atoms with Crippen molar-refractivity contribution >= 4 is 5.91 Å². The molecule has 1 aliphatic rings. The van der Waals surface area contributed by atoms with Gasteiger partial charge in [-0.15, -0.1) is 0 Å². The minimum absolute atomic E-state index is 0.163. The van der Waals surface area contributed by atoms with Crippen LogP contribution in [0.2, 0.25) is 0 Å². The number of fused-ring (bicyclic) bond motifs is 1. The standard InChI is InChI=1S/C22H28N2O3/c1-4-24(5-2)15-18-12-10-17(11-13-18)14-23-22(25)21-16(3)26-19-8-6-7-9-20(19)27-21/h6-13,16,21H,4-5,14-15H2,1-3H3,(H,23,25)/t16-,21+/m0/s1. The van der Waals surface area contributed by atoms with Crippen molar-refractivity contribution in [1.29, 1.82) is 0 Å². The fourth-order valence-electron chi connectivity index (χ4n) is 3.16. The summed E-state index contributed by atoms with van der Waals surface area (Å²) in [6, 6.07) is 15.8. The zero-order chi connectivity index (χ0) is 19.2. The summed E-state index contributed by atoms with van der Waals surface area (Å²) in [6.45, 7) is 9.69. The van der Waals surface area contributed by atoms with Crippen molar-refractivity contribution in [2.45, 2.75) is 46.1 Å². The lowest BCUT2D eigenvalue weighted by molar-refractivity contribution is -0.133. The summed E-state index contributed by atoms with van der Waals surface area (Å²) in [4.78, 5) is 14.9. The number of benzene rings is 2. The lowest BCUT2D eigenvalue weighted by atomic mass is 10.1. The Morgan fingerprint density at radius 3 is 2.19 bits per heavy atom. The van der Waals surface area contributed by atoms with E-state index >= 15 is 0 Å². The minimum Gasteiger partial charge on any atom is -0.482 e. The molecule has 5 heteroatoms. The second-order valence-corrected chi connectivity index (χ2v) is 6.80.